The highest BCUT2D eigenvalue weighted by Gasteiger charge is 2.00. The molecule has 0 heterocycles. The third-order valence-corrected chi connectivity index (χ3v) is 3.56. The fourth-order valence-electron chi connectivity index (χ4n) is 2.30. The normalized spacial score (nSPS) is 11.8. The molecule has 106 valence electrons. The Bertz CT molecular complexity index is 385. The van der Waals surface area contributed by atoms with Crippen molar-refractivity contribution in [2.24, 2.45) is 5.16 Å². The van der Waals surface area contributed by atoms with Crippen LogP contribution in [0.5, 0.6) is 0 Å². The van der Waals surface area contributed by atoms with Crippen LogP contribution < -0.4 is 0 Å². The Balaban J connectivity index is 2.26. The molecule has 0 aromatic heterocycles. The summed E-state index contributed by atoms with van der Waals surface area (Å²) in [5.41, 5.74) is 3.04. The van der Waals surface area contributed by atoms with Gasteiger partial charge in [0.15, 0.2) is 0 Å². The fourth-order valence-corrected chi connectivity index (χ4v) is 2.30. The van der Waals surface area contributed by atoms with E-state index in [1.54, 1.807) is 0 Å². The minimum absolute atomic E-state index is 0.682. The number of aryl methyl sites for hydroxylation is 1. The molecular weight excluding hydrogens is 234 g/mol. The monoisotopic (exact) mass is 261 g/mol. The van der Waals surface area contributed by atoms with Gasteiger partial charge in [-0.25, -0.2) is 0 Å². The van der Waals surface area contributed by atoms with Gasteiger partial charge in [-0.05, 0) is 37.0 Å². The van der Waals surface area contributed by atoms with Gasteiger partial charge in [-0.15, -0.1) is 0 Å². The van der Waals surface area contributed by atoms with Gasteiger partial charge in [-0.2, -0.15) is 0 Å². The van der Waals surface area contributed by atoms with Crippen molar-refractivity contribution in [3.05, 3.63) is 35.4 Å². The summed E-state index contributed by atoms with van der Waals surface area (Å²) in [6.45, 7) is 4.08. The van der Waals surface area contributed by atoms with Crippen LogP contribution in [0.3, 0.4) is 0 Å². The Morgan fingerprint density at radius 1 is 1.05 bits per heavy atom. The maximum Gasteiger partial charge on any atom is 0.0837 e. The molecule has 0 spiro atoms. The zero-order valence-electron chi connectivity index (χ0n) is 12.4. The summed E-state index contributed by atoms with van der Waals surface area (Å²) in [5.74, 6) is 0. The second-order valence-electron chi connectivity index (χ2n) is 5.26. The van der Waals surface area contributed by atoms with E-state index in [9.17, 15) is 0 Å². The molecule has 1 N–H and O–H groups in total. The summed E-state index contributed by atoms with van der Waals surface area (Å²) in [4.78, 5) is 0. The Hall–Kier alpha value is -1.31. The van der Waals surface area contributed by atoms with Crippen molar-refractivity contribution in [3.8, 4) is 0 Å². The lowest BCUT2D eigenvalue weighted by molar-refractivity contribution is 0.319. The van der Waals surface area contributed by atoms with E-state index in [0.29, 0.717) is 5.71 Å². The first-order chi connectivity index (χ1) is 9.27. The molecule has 0 aliphatic carbocycles. The molecule has 2 heteroatoms. The third kappa shape index (κ3) is 6.42. The molecule has 2 nitrogen and oxygen atoms in total. The SMILES string of the molecule is CCCCCCCCCc1cccc(/C(C)=N/O)c1. The molecule has 1 aromatic rings. The molecule has 0 atom stereocenters. The van der Waals surface area contributed by atoms with Crippen LogP contribution in [0.15, 0.2) is 29.4 Å². The summed E-state index contributed by atoms with van der Waals surface area (Å²) in [6, 6.07) is 8.32. The number of benzene rings is 1. The molecule has 1 aromatic carbocycles. The topological polar surface area (TPSA) is 32.6 Å². The van der Waals surface area contributed by atoms with Gasteiger partial charge in [-0.3, -0.25) is 0 Å². The predicted octanol–water partition coefficient (Wildman–Crippen LogP) is 5.18. The molecule has 0 amide bonds. The van der Waals surface area contributed by atoms with Gasteiger partial charge in [0.05, 0.1) is 5.71 Å². The van der Waals surface area contributed by atoms with Crippen molar-refractivity contribution < 1.29 is 5.21 Å². The molecule has 0 radical (unpaired) electrons. The highest BCUT2D eigenvalue weighted by atomic mass is 16.4. The van der Waals surface area contributed by atoms with Gasteiger partial charge in [0.2, 0.25) is 0 Å². The number of hydrogen-bond donors (Lipinski definition) is 1. The van der Waals surface area contributed by atoms with Gasteiger partial charge in [0.1, 0.15) is 0 Å². The van der Waals surface area contributed by atoms with E-state index >= 15 is 0 Å². The zero-order chi connectivity index (χ0) is 13.9. The lowest BCUT2D eigenvalue weighted by Crippen LogP contribution is -1.96. The maximum atomic E-state index is 8.78. The summed E-state index contributed by atoms with van der Waals surface area (Å²) in [7, 11) is 0. The standard InChI is InChI=1S/C17H27NO/c1-3-4-5-6-7-8-9-11-16-12-10-13-17(14-16)15(2)18-19/h10,12-14,19H,3-9,11H2,1-2H3/b18-15+. The maximum absolute atomic E-state index is 8.78. The molecular formula is C17H27NO. The van der Waals surface area contributed by atoms with E-state index in [-0.39, 0.29) is 0 Å². The highest BCUT2D eigenvalue weighted by molar-refractivity contribution is 5.98. The zero-order valence-corrected chi connectivity index (χ0v) is 12.4. The lowest BCUT2D eigenvalue weighted by atomic mass is 10.0. The van der Waals surface area contributed by atoms with E-state index < -0.39 is 0 Å². The van der Waals surface area contributed by atoms with Crippen molar-refractivity contribution in [1.82, 2.24) is 0 Å². The van der Waals surface area contributed by atoms with Gasteiger partial charge < -0.3 is 5.21 Å². The second kappa shape index (κ2) is 9.60. The number of hydrogen-bond acceptors (Lipinski definition) is 2. The number of nitrogens with zero attached hydrogens (tertiary/aromatic N) is 1. The average molecular weight is 261 g/mol. The van der Waals surface area contributed by atoms with Crippen molar-refractivity contribution in [1.29, 1.82) is 0 Å². The van der Waals surface area contributed by atoms with Crippen molar-refractivity contribution in [3.63, 3.8) is 0 Å². The molecule has 0 saturated carbocycles. The van der Waals surface area contributed by atoms with Crippen LogP contribution in [0.4, 0.5) is 0 Å². The smallest absolute Gasteiger partial charge is 0.0837 e. The van der Waals surface area contributed by atoms with Crippen molar-refractivity contribution in [2.75, 3.05) is 0 Å². The van der Waals surface area contributed by atoms with Gasteiger partial charge in [-0.1, -0.05) is 68.8 Å². The molecule has 0 bridgehead atoms. The molecule has 0 aliphatic heterocycles. The summed E-state index contributed by atoms with van der Waals surface area (Å²) >= 11 is 0. The van der Waals surface area contributed by atoms with Gasteiger partial charge in [0.25, 0.3) is 0 Å². The molecule has 1 rings (SSSR count). The molecule has 0 aliphatic rings. The second-order valence-corrected chi connectivity index (χ2v) is 5.26. The molecule has 19 heavy (non-hydrogen) atoms. The van der Waals surface area contributed by atoms with Crippen LogP contribution >= 0.6 is 0 Å². The predicted molar refractivity (Wildman–Crippen MR) is 82.1 cm³/mol. The van der Waals surface area contributed by atoms with Gasteiger partial charge >= 0.3 is 0 Å². The van der Waals surface area contributed by atoms with E-state index in [2.05, 4.69) is 24.2 Å². The lowest BCUT2D eigenvalue weighted by Gasteiger charge is -2.05. The molecule has 0 fully saturated rings. The summed E-state index contributed by atoms with van der Waals surface area (Å²) < 4.78 is 0. The first-order valence-electron chi connectivity index (χ1n) is 7.56. The first kappa shape index (κ1) is 15.7. The average Bonchev–Trinajstić information content (AvgIpc) is 2.46. The summed E-state index contributed by atoms with van der Waals surface area (Å²) in [5, 5.41) is 12.0. The van der Waals surface area contributed by atoms with Crippen LogP contribution in [0.1, 0.15) is 69.9 Å². The Morgan fingerprint density at radius 2 is 1.74 bits per heavy atom. The molecule has 0 unspecified atom stereocenters. The van der Waals surface area contributed by atoms with Crippen LogP contribution in [-0.2, 0) is 6.42 Å². The van der Waals surface area contributed by atoms with E-state index in [1.165, 1.54) is 50.5 Å². The highest BCUT2D eigenvalue weighted by Crippen LogP contribution is 2.12. The number of rotatable bonds is 9. The van der Waals surface area contributed by atoms with Crippen LogP contribution in [0, 0.1) is 0 Å². The Morgan fingerprint density at radius 3 is 2.42 bits per heavy atom. The van der Waals surface area contributed by atoms with Gasteiger partial charge in [0, 0.05) is 0 Å². The Labute approximate surface area is 117 Å². The van der Waals surface area contributed by atoms with E-state index in [0.717, 1.165) is 12.0 Å². The van der Waals surface area contributed by atoms with Crippen molar-refractivity contribution >= 4 is 5.71 Å². The quantitative estimate of drug-likeness (QED) is 0.282. The first-order valence-corrected chi connectivity index (χ1v) is 7.56. The van der Waals surface area contributed by atoms with Crippen LogP contribution in [0.2, 0.25) is 0 Å². The number of unbranched alkanes of at least 4 members (excludes halogenated alkanes) is 6. The minimum Gasteiger partial charge on any atom is -0.411 e. The van der Waals surface area contributed by atoms with Crippen LogP contribution in [0.25, 0.3) is 0 Å². The van der Waals surface area contributed by atoms with Crippen LogP contribution in [-0.4, -0.2) is 10.9 Å². The molecule has 0 saturated heterocycles. The van der Waals surface area contributed by atoms with E-state index in [1.807, 2.05) is 19.1 Å². The van der Waals surface area contributed by atoms with Crippen molar-refractivity contribution in [2.45, 2.75) is 65.2 Å². The summed E-state index contributed by atoms with van der Waals surface area (Å²) in [6.07, 6.45) is 10.5. The third-order valence-electron chi connectivity index (χ3n) is 3.56. The Kier molecular flexibility index (Phi) is 7.95. The minimum atomic E-state index is 0.682. The van der Waals surface area contributed by atoms with E-state index in [4.69, 9.17) is 5.21 Å². The fraction of sp³-hybridized carbons (Fsp3) is 0.588. The largest absolute Gasteiger partial charge is 0.411 e. The number of oxime groups is 1.